The molecule has 2 heteroatoms. The first-order valence-corrected chi connectivity index (χ1v) is 15.6. The molecule has 1 aromatic heterocycles. The van der Waals surface area contributed by atoms with E-state index in [9.17, 15) is 0 Å². The monoisotopic (exact) mass is 565 g/mol. The Morgan fingerprint density at radius 1 is 0.442 bits per heavy atom. The molecule has 0 spiro atoms. The van der Waals surface area contributed by atoms with E-state index in [1.807, 2.05) is 11.3 Å². The molecule has 0 saturated heterocycles. The molecule has 2 heterocycles. The second-order valence-corrected chi connectivity index (χ2v) is 12.3. The smallest absolute Gasteiger partial charge is 0.0434 e. The van der Waals surface area contributed by atoms with Gasteiger partial charge in [0.25, 0.3) is 0 Å². The fourth-order valence-electron chi connectivity index (χ4n) is 6.91. The van der Waals surface area contributed by atoms with Gasteiger partial charge in [-0.2, -0.15) is 0 Å². The quantitative estimate of drug-likeness (QED) is 0.210. The lowest BCUT2D eigenvalue weighted by atomic mass is 9.88. The van der Waals surface area contributed by atoms with Crippen molar-refractivity contribution in [3.8, 4) is 22.3 Å². The van der Waals surface area contributed by atoms with Gasteiger partial charge in [0, 0.05) is 32.4 Å². The summed E-state index contributed by atoms with van der Waals surface area (Å²) in [6, 6.07) is 50.9. The summed E-state index contributed by atoms with van der Waals surface area (Å²) in [5.74, 6) is 0. The van der Waals surface area contributed by atoms with E-state index in [4.69, 9.17) is 0 Å². The molecule has 1 aliphatic heterocycles. The summed E-state index contributed by atoms with van der Waals surface area (Å²) in [5, 5.41) is 11.7. The number of hydrogen-bond donors (Lipinski definition) is 1. The Labute approximate surface area is 254 Å². The van der Waals surface area contributed by atoms with Crippen LogP contribution in [0.25, 0.3) is 75.7 Å². The van der Waals surface area contributed by atoms with Crippen LogP contribution in [-0.2, 0) is 6.54 Å². The largest absolute Gasteiger partial charge is 0.380 e. The molecule has 0 fully saturated rings. The maximum absolute atomic E-state index is 3.78. The molecule has 0 amide bonds. The summed E-state index contributed by atoms with van der Waals surface area (Å²) in [7, 11) is 0. The SMILES string of the molecule is C1=C(c2cccc(-c3cccc4c3sc3c(-c5ccccc5)cccc34)c2)NCc2c1c1ccccc1c1ccccc21. The molecule has 43 heavy (non-hydrogen) atoms. The summed E-state index contributed by atoms with van der Waals surface area (Å²) in [6.07, 6.45) is 2.36. The topological polar surface area (TPSA) is 12.0 Å². The molecule has 0 aliphatic carbocycles. The Morgan fingerprint density at radius 3 is 1.72 bits per heavy atom. The molecule has 1 aliphatic rings. The van der Waals surface area contributed by atoms with Gasteiger partial charge in [-0.05, 0) is 72.6 Å². The molecular formula is C41H27NS. The van der Waals surface area contributed by atoms with E-state index in [1.54, 1.807) is 0 Å². The lowest BCUT2D eigenvalue weighted by Gasteiger charge is -2.23. The third kappa shape index (κ3) is 3.84. The third-order valence-corrected chi connectivity index (χ3v) is 10.2. The van der Waals surface area contributed by atoms with Crippen molar-refractivity contribution in [1.82, 2.24) is 5.32 Å². The van der Waals surface area contributed by atoms with E-state index < -0.39 is 0 Å². The summed E-state index contributed by atoms with van der Waals surface area (Å²) >= 11 is 1.91. The number of rotatable bonds is 3. The van der Waals surface area contributed by atoms with Crippen molar-refractivity contribution in [3.63, 3.8) is 0 Å². The molecule has 0 bridgehead atoms. The van der Waals surface area contributed by atoms with Crippen LogP contribution < -0.4 is 5.32 Å². The summed E-state index contributed by atoms with van der Waals surface area (Å²) in [6.45, 7) is 0.810. The maximum atomic E-state index is 3.78. The van der Waals surface area contributed by atoms with Gasteiger partial charge in [0.15, 0.2) is 0 Å². The van der Waals surface area contributed by atoms with Crippen LogP contribution in [0.1, 0.15) is 16.7 Å². The van der Waals surface area contributed by atoms with E-state index in [1.165, 1.54) is 86.4 Å². The molecule has 7 aromatic carbocycles. The van der Waals surface area contributed by atoms with Gasteiger partial charge in [-0.25, -0.2) is 0 Å². The average Bonchev–Trinajstić information content (AvgIpc) is 3.48. The molecule has 1 N–H and O–H groups in total. The van der Waals surface area contributed by atoms with Gasteiger partial charge in [-0.1, -0.05) is 133 Å². The Hall–Kier alpha value is -5.18. The minimum Gasteiger partial charge on any atom is -0.380 e. The van der Waals surface area contributed by atoms with Gasteiger partial charge in [0.2, 0.25) is 0 Å². The van der Waals surface area contributed by atoms with Crippen LogP contribution in [0.15, 0.2) is 140 Å². The Bertz CT molecular complexity index is 2390. The van der Waals surface area contributed by atoms with Crippen LogP contribution in [-0.4, -0.2) is 0 Å². The van der Waals surface area contributed by atoms with Crippen LogP contribution in [0.2, 0.25) is 0 Å². The Balaban J connectivity index is 1.20. The maximum Gasteiger partial charge on any atom is 0.0434 e. The van der Waals surface area contributed by atoms with Gasteiger partial charge in [-0.15, -0.1) is 11.3 Å². The van der Waals surface area contributed by atoms with Gasteiger partial charge in [0.05, 0.1) is 0 Å². The standard InChI is InChI=1S/C41H27NS/c1-2-11-26(12-3-1)29-19-9-21-35-36-22-10-20-30(41(36)43-40(29)35)27-13-8-14-28(23-27)39-24-37-33-17-6-4-15-31(33)32-16-5-7-18-34(32)38(37)25-42-39/h1-24,42H,25H2. The van der Waals surface area contributed by atoms with E-state index in [2.05, 4.69) is 151 Å². The molecule has 0 unspecified atom stereocenters. The fraction of sp³-hybridized carbons (Fsp3) is 0.0244. The summed E-state index contributed by atoms with van der Waals surface area (Å²) < 4.78 is 2.69. The van der Waals surface area contributed by atoms with Crippen LogP contribution >= 0.6 is 11.3 Å². The van der Waals surface area contributed by atoms with Gasteiger partial charge in [0.1, 0.15) is 0 Å². The van der Waals surface area contributed by atoms with Crippen LogP contribution in [0, 0.1) is 0 Å². The van der Waals surface area contributed by atoms with Gasteiger partial charge in [-0.3, -0.25) is 0 Å². The predicted octanol–water partition coefficient (Wildman–Crippen LogP) is 11.3. The van der Waals surface area contributed by atoms with Crippen molar-refractivity contribution in [2.75, 3.05) is 0 Å². The number of hydrogen-bond acceptors (Lipinski definition) is 2. The number of thiophene rings is 1. The van der Waals surface area contributed by atoms with Crippen molar-refractivity contribution in [1.29, 1.82) is 0 Å². The van der Waals surface area contributed by atoms with Crippen molar-refractivity contribution in [2.24, 2.45) is 0 Å². The second-order valence-electron chi connectivity index (χ2n) is 11.3. The van der Waals surface area contributed by atoms with Crippen molar-refractivity contribution >= 4 is 64.8 Å². The van der Waals surface area contributed by atoms with E-state index in [-0.39, 0.29) is 0 Å². The van der Waals surface area contributed by atoms with Crippen molar-refractivity contribution < 1.29 is 0 Å². The first-order valence-electron chi connectivity index (χ1n) is 14.8. The minimum atomic E-state index is 0.810. The summed E-state index contributed by atoms with van der Waals surface area (Å²) in [4.78, 5) is 0. The number of fused-ring (bicyclic) bond motifs is 9. The lowest BCUT2D eigenvalue weighted by molar-refractivity contribution is 0.889. The molecule has 0 atom stereocenters. The van der Waals surface area contributed by atoms with Gasteiger partial charge < -0.3 is 5.32 Å². The minimum absolute atomic E-state index is 0.810. The molecule has 0 radical (unpaired) electrons. The second kappa shape index (κ2) is 9.69. The highest BCUT2D eigenvalue weighted by Crippen LogP contribution is 2.44. The normalized spacial score (nSPS) is 12.9. The molecule has 1 nitrogen and oxygen atoms in total. The van der Waals surface area contributed by atoms with Crippen LogP contribution in [0.5, 0.6) is 0 Å². The molecule has 0 saturated carbocycles. The first kappa shape index (κ1) is 24.4. The highest BCUT2D eigenvalue weighted by atomic mass is 32.1. The lowest BCUT2D eigenvalue weighted by Crippen LogP contribution is -2.17. The zero-order valence-electron chi connectivity index (χ0n) is 23.5. The molecule has 9 rings (SSSR count). The van der Waals surface area contributed by atoms with E-state index >= 15 is 0 Å². The number of benzene rings is 7. The van der Waals surface area contributed by atoms with Crippen molar-refractivity contribution in [3.05, 3.63) is 156 Å². The average molecular weight is 566 g/mol. The highest BCUT2D eigenvalue weighted by Gasteiger charge is 2.19. The Morgan fingerprint density at radius 2 is 0.977 bits per heavy atom. The highest BCUT2D eigenvalue weighted by molar-refractivity contribution is 7.26. The van der Waals surface area contributed by atoms with Crippen molar-refractivity contribution in [2.45, 2.75) is 6.54 Å². The van der Waals surface area contributed by atoms with E-state index in [0.717, 1.165) is 6.54 Å². The third-order valence-electron chi connectivity index (χ3n) is 8.92. The molecule has 202 valence electrons. The molecular weight excluding hydrogens is 539 g/mol. The summed E-state index contributed by atoms with van der Waals surface area (Å²) in [5.41, 5.74) is 10.2. The van der Waals surface area contributed by atoms with Crippen LogP contribution in [0.3, 0.4) is 0 Å². The number of nitrogens with one attached hydrogen (secondary N) is 1. The zero-order chi connectivity index (χ0) is 28.3. The first-order chi connectivity index (χ1) is 21.3. The van der Waals surface area contributed by atoms with Gasteiger partial charge >= 0.3 is 0 Å². The fourth-order valence-corrected chi connectivity index (χ4v) is 8.28. The van der Waals surface area contributed by atoms with Crippen LogP contribution in [0.4, 0.5) is 0 Å². The molecule has 8 aromatic rings. The predicted molar refractivity (Wildman–Crippen MR) is 186 cm³/mol. The zero-order valence-corrected chi connectivity index (χ0v) is 24.3. The van der Waals surface area contributed by atoms with E-state index in [0.29, 0.717) is 0 Å². The Kier molecular flexibility index (Phi) is 5.50.